The molecular weight excluding hydrogens is 262 g/mol. The molecule has 20 heavy (non-hydrogen) atoms. The molecule has 0 bridgehead atoms. The number of nitrogens with zero attached hydrogens (tertiary/aromatic N) is 1. The molecule has 1 aromatic carbocycles. The number of hydrogen-bond acceptors (Lipinski definition) is 5. The molecule has 0 radical (unpaired) electrons. The summed E-state index contributed by atoms with van der Waals surface area (Å²) in [5.74, 6) is -2.65. The van der Waals surface area contributed by atoms with E-state index in [0.29, 0.717) is 0 Å². The van der Waals surface area contributed by atoms with Crippen molar-refractivity contribution in [2.75, 3.05) is 0 Å². The van der Waals surface area contributed by atoms with Gasteiger partial charge in [0.05, 0.1) is 6.10 Å². The minimum absolute atomic E-state index is 0.0507. The fraction of sp³-hybridized carbons (Fsp3) is 0.214. The molecule has 0 atom stereocenters. The molecule has 0 heterocycles. The molecule has 1 rings (SSSR count). The van der Waals surface area contributed by atoms with Crippen LogP contribution >= 0.6 is 0 Å². The Balaban J connectivity index is 3.28. The third-order valence-corrected chi connectivity index (χ3v) is 2.27. The fourth-order valence-corrected chi connectivity index (χ4v) is 1.48. The van der Waals surface area contributed by atoms with Gasteiger partial charge in [0.15, 0.2) is 0 Å². The van der Waals surface area contributed by atoms with E-state index >= 15 is 0 Å². The zero-order valence-electron chi connectivity index (χ0n) is 11.0. The van der Waals surface area contributed by atoms with E-state index in [2.05, 4.69) is 0 Å². The quantitative estimate of drug-likeness (QED) is 0.494. The number of nitriles is 1. The molecule has 0 aliphatic heterocycles. The molecule has 1 aromatic rings. The van der Waals surface area contributed by atoms with Crippen molar-refractivity contribution in [3.8, 4) is 11.8 Å². The van der Waals surface area contributed by atoms with E-state index in [1.165, 1.54) is 18.2 Å². The molecule has 0 aliphatic carbocycles. The predicted octanol–water partition coefficient (Wildman–Crippen LogP) is 1.95. The van der Waals surface area contributed by atoms with Crippen molar-refractivity contribution >= 4 is 18.0 Å². The molecule has 0 fully saturated rings. The van der Waals surface area contributed by atoms with Gasteiger partial charge < -0.3 is 14.9 Å². The summed E-state index contributed by atoms with van der Waals surface area (Å²) < 4.78 is 4.87. The number of benzene rings is 1. The Hall–Kier alpha value is -2.81. The minimum Gasteiger partial charge on any atom is -0.507 e. The summed E-state index contributed by atoms with van der Waals surface area (Å²) in [6.07, 6.45) is 0.677. The molecule has 0 aromatic heterocycles. The molecule has 0 unspecified atom stereocenters. The second-order valence-electron chi connectivity index (χ2n) is 4.17. The van der Waals surface area contributed by atoms with E-state index < -0.39 is 23.8 Å². The maximum Gasteiger partial charge on any atom is 0.349 e. The number of rotatable bonds is 4. The lowest BCUT2D eigenvalue weighted by molar-refractivity contribution is -0.142. The van der Waals surface area contributed by atoms with Crippen LogP contribution in [0.4, 0.5) is 0 Å². The Morgan fingerprint density at radius 3 is 2.55 bits per heavy atom. The Labute approximate surface area is 115 Å². The Kier molecular flexibility index (Phi) is 4.87. The monoisotopic (exact) mass is 275 g/mol. The second kappa shape index (κ2) is 6.38. The van der Waals surface area contributed by atoms with Crippen molar-refractivity contribution in [3.05, 3.63) is 34.9 Å². The average Bonchev–Trinajstić information content (AvgIpc) is 2.34. The third-order valence-electron chi connectivity index (χ3n) is 2.27. The SMILES string of the molecule is CC(C)OC(=O)C(C#N)=Cc1cccc(O)c1C(=O)O. The Morgan fingerprint density at radius 1 is 1.40 bits per heavy atom. The molecular formula is C14H13NO5. The van der Waals surface area contributed by atoms with Gasteiger partial charge in [-0.1, -0.05) is 12.1 Å². The highest BCUT2D eigenvalue weighted by atomic mass is 16.5. The molecule has 2 N–H and O–H groups in total. The smallest absolute Gasteiger partial charge is 0.349 e. The Bertz CT molecular complexity index is 610. The van der Waals surface area contributed by atoms with Gasteiger partial charge in [-0.15, -0.1) is 0 Å². The number of carbonyl (C=O) groups is 2. The molecule has 6 nitrogen and oxygen atoms in total. The second-order valence-corrected chi connectivity index (χ2v) is 4.17. The van der Waals surface area contributed by atoms with Crippen molar-refractivity contribution in [1.29, 1.82) is 5.26 Å². The first-order valence-corrected chi connectivity index (χ1v) is 5.74. The number of carboxylic acids is 1. The van der Waals surface area contributed by atoms with Crippen LogP contribution in [0.25, 0.3) is 6.08 Å². The molecule has 0 spiro atoms. The number of aromatic hydroxyl groups is 1. The summed E-state index contributed by atoms with van der Waals surface area (Å²) >= 11 is 0. The van der Waals surface area contributed by atoms with E-state index in [9.17, 15) is 14.7 Å². The van der Waals surface area contributed by atoms with Crippen LogP contribution in [0.2, 0.25) is 0 Å². The lowest BCUT2D eigenvalue weighted by Gasteiger charge is -2.07. The highest BCUT2D eigenvalue weighted by Gasteiger charge is 2.17. The normalized spacial score (nSPS) is 11.0. The molecule has 0 aliphatic rings. The van der Waals surface area contributed by atoms with Gasteiger partial charge in [0.2, 0.25) is 0 Å². The fourth-order valence-electron chi connectivity index (χ4n) is 1.48. The zero-order chi connectivity index (χ0) is 15.3. The van der Waals surface area contributed by atoms with Gasteiger partial charge in [-0.25, -0.2) is 9.59 Å². The maximum atomic E-state index is 11.6. The lowest BCUT2D eigenvalue weighted by Crippen LogP contribution is -2.13. The standard InChI is InChI=1S/C14H13NO5/c1-8(2)20-14(19)10(7-15)6-9-4-3-5-11(16)12(9)13(17)18/h3-6,8,16H,1-2H3,(H,17,18). The van der Waals surface area contributed by atoms with Crippen molar-refractivity contribution in [2.45, 2.75) is 20.0 Å². The van der Waals surface area contributed by atoms with Gasteiger partial charge in [0.25, 0.3) is 0 Å². The zero-order valence-corrected chi connectivity index (χ0v) is 11.0. The van der Waals surface area contributed by atoms with Crippen molar-refractivity contribution in [3.63, 3.8) is 0 Å². The van der Waals surface area contributed by atoms with Crippen LogP contribution in [-0.4, -0.2) is 28.3 Å². The first-order chi connectivity index (χ1) is 9.36. The third kappa shape index (κ3) is 3.59. The molecule has 0 saturated heterocycles. The Morgan fingerprint density at radius 2 is 2.05 bits per heavy atom. The first-order valence-electron chi connectivity index (χ1n) is 5.74. The van der Waals surface area contributed by atoms with Gasteiger partial charge in [-0.3, -0.25) is 0 Å². The van der Waals surface area contributed by atoms with E-state index in [4.69, 9.17) is 15.1 Å². The van der Waals surface area contributed by atoms with Crippen LogP contribution in [0.5, 0.6) is 5.75 Å². The van der Waals surface area contributed by atoms with Crippen molar-refractivity contribution in [1.82, 2.24) is 0 Å². The lowest BCUT2D eigenvalue weighted by atomic mass is 10.0. The highest BCUT2D eigenvalue weighted by Crippen LogP contribution is 2.23. The van der Waals surface area contributed by atoms with Crippen LogP contribution in [0.3, 0.4) is 0 Å². The molecule has 0 amide bonds. The molecule has 6 heteroatoms. The van der Waals surface area contributed by atoms with Gasteiger partial charge in [0, 0.05) is 0 Å². The molecule has 104 valence electrons. The number of esters is 1. The number of ether oxygens (including phenoxy) is 1. The topological polar surface area (TPSA) is 108 Å². The van der Waals surface area contributed by atoms with Crippen LogP contribution < -0.4 is 0 Å². The summed E-state index contributed by atoms with van der Waals surface area (Å²) in [4.78, 5) is 22.7. The summed E-state index contributed by atoms with van der Waals surface area (Å²) in [5.41, 5.74) is -0.667. The van der Waals surface area contributed by atoms with Gasteiger partial charge in [-0.05, 0) is 31.6 Å². The number of carboxylic acid groups (broad SMARTS) is 1. The van der Waals surface area contributed by atoms with E-state index in [0.717, 1.165) is 6.08 Å². The van der Waals surface area contributed by atoms with Gasteiger partial charge >= 0.3 is 11.9 Å². The number of phenols is 1. The van der Waals surface area contributed by atoms with Crippen LogP contribution in [-0.2, 0) is 9.53 Å². The van der Waals surface area contributed by atoms with Crippen LogP contribution in [0, 0.1) is 11.3 Å². The summed E-state index contributed by atoms with van der Waals surface area (Å²) in [7, 11) is 0. The number of aromatic carboxylic acids is 1. The van der Waals surface area contributed by atoms with Gasteiger partial charge in [-0.2, -0.15) is 5.26 Å². The van der Waals surface area contributed by atoms with Crippen molar-refractivity contribution in [2.24, 2.45) is 0 Å². The first kappa shape index (κ1) is 15.2. The van der Waals surface area contributed by atoms with Crippen LogP contribution in [0.1, 0.15) is 29.8 Å². The highest BCUT2D eigenvalue weighted by molar-refractivity contribution is 6.01. The number of carbonyl (C=O) groups excluding carboxylic acids is 1. The predicted molar refractivity (Wildman–Crippen MR) is 69.9 cm³/mol. The van der Waals surface area contributed by atoms with E-state index in [1.54, 1.807) is 19.9 Å². The van der Waals surface area contributed by atoms with Crippen molar-refractivity contribution < 1.29 is 24.5 Å². The van der Waals surface area contributed by atoms with Crippen LogP contribution in [0.15, 0.2) is 23.8 Å². The molecule has 0 saturated carbocycles. The van der Waals surface area contributed by atoms with Gasteiger partial charge in [0.1, 0.15) is 23.0 Å². The van der Waals surface area contributed by atoms with E-state index in [-0.39, 0.29) is 16.7 Å². The number of hydrogen-bond donors (Lipinski definition) is 2. The average molecular weight is 275 g/mol. The summed E-state index contributed by atoms with van der Waals surface area (Å²) in [5, 5.41) is 27.5. The largest absolute Gasteiger partial charge is 0.507 e. The summed E-state index contributed by atoms with van der Waals surface area (Å²) in [6, 6.07) is 5.65. The van der Waals surface area contributed by atoms with E-state index in [1.807, 2.05) is 0 Å². The maximum absolute atomic E-state index is 11.6. The summed E-state index contributed by atoms with van der Waals surface area (Å²) in [6.45, 7) is 3.26. The minimum atomic E-state index is -1.36.